The lowest BCUT2D eigenvalue weighted by Gasteiger charge is -2.06. The summed E-state index contributed by atoms with van der Waals surface area (Å²) in [5.41, 5.74) is 13.1. The third kappa shape index (κ3) is 5.37. The average molecular weight is 663 g/mol. The van der Waals surface area contributed by atoms with Crippen LogP contribution in [0.15, 0.2) is 122 Å². The minimum atomic E-state index is -0.376. The van der Waals surface area contributed by atoms with Crippen LogP contribution in [0.25, 0.3) is 90.9 Å². The van der Waals surface area contributed by atoms with Crippen molar-refractivity contribution in [1.29, 1.82) is 0 Å². The van der Waals surface area contributed by atoms with E-state index in [4.69, 9.17) is 9.97 Å². The van der Waals surface area contributed by atoms with Crippen LogP contribution in [0, 0.1) is 10.1 Å². The van der Waals surface area contributed by atoms with E-state index in [-0.39, 0.29) is 10.6 Å². The smallest absolute Gasteiger partial charge is 0.270 e. The van der Waals surface area contributed by atoms with Gasteiger partial charge in [-0.25, -0.2) is 9.97 Å². The van der Waals surface area contributed by atoms with Crippen molar-refractivity contribution in [2.45, 2.75) is 0 Å². The predicted molar refractivity (Wildman–Crippen MR) is 201 cm³/mol. The summed E-state index contributed by atoms with van der Waals surface area (Å²) in [6, 6.07) is 26.5. The maximum atomic E-state index is 11.9. The normalized spacial score (nSPS) is 11.9. The number of benzene rings is 1. The van der Waals surface area contributed by atoms with Crippen LogP contribution in [-0.2, 0) is 0 Å². The SMILES string of the molecule is O=[N+]([O-])c1cccc(-c2c3ccc([nH]3)c(-c3ccncc3)c3nc(c(-c4ccncc4)c4nc(c(-c5ccncc5)c5ccc2[nH]5)C=C4)C=C3)c1. The van der Waals surface area contributed by atoms with Crippen LogP contribution >= 0.6 is 0 Å². The summed E-state index contributed by atoms with van der Waals surface area (Å²) in [4.78, 5) is 42.1. The Morgan fingerprint density at radius 2 is 0.843 bits per heavy atom. The number of H-pyrrole nitrogens is 2. The molecule has 0 saturated carbocycles. The molecule has 2 aliphatic rings. The van der Waals surface area contributed by atoms with Crippen molar-refractivity contribution in [3.05, 3.63) is 155 Å². The maximum absolute atomic E-state index is 11.9. The fourth-order valence-corrected chi connectivity index (χ4v) is 6.75. The summed E-state index contributed by atoms with van der Waals surface area (Å²) in [6.45, 7) is 0. The fourth-order valence-electron chi connectivity index (χ4n) is 6.75. The van der Waals surface area contributed by atoms with E-state index in [0.29, 0.717) is 5.56 Å². The molecule has 2 N–H and O–H groups in total. The van der Waals surface area contributed by atoms with Gasteiger partial charge in [0.1, 0.15) is 0 Å². The number of hydrogen-bond acceptors (Lipinski definition) is 7. The summed E-state index contributed by atoms with van der Waals surface area (Å²) >= 11 is 0. The van der Waals surface area contributed by atoms with E-state index < -0.39 is 0 Å². The number of aromatic nitrogens is 7. The van der Waals surface area contributed by atoms with Gasteiger partial charge >= 0.3 is 0 Å². The third-order valence-electron chi connectivity index (χ3n) is 9.01. The van der Waals surface area contributed by atoms with E-state index in [9.17, 15) is 10.1 Å². The van der Waals surface area contributed by atoms with Crippen LogP contribution in [0.1, 0.15) is 22.8 Å². The Morgan fingerprint density at radius 1 is 0.451 bits per heavy atom. The molecule has 242 valence electrons. The Hall–Kier alpha value is -7.33. The number of aromatic amines is 2. The molecule has 0 saturated heterocycles. The molecule has 1 aromatic carbocycles. The Labute approximate surface area is 290 Å². The van der Waals surface area contributed by atoms with Crippen molar-refractivity contribution in [1.82, 2.24) is 34.9 Å². The number of nitro benzene ring substituents is 1. The fraction of sp³-hybridized carbons (Fsp3) is 0. The van der Waals surface area contributed by atoms with Gasteiger partial charge in [0.05, 0.1) is 27.7 Å². The third-order valence-corrected chi connectivity index (χ3v) is 9.01. The molecular formula is C41H26N8O2. The molecule has 9 rings (SSSR count). The molecule has 8 heterocycles. The molecule has 6 aromatic heterocycles. The molecule has 10 nitrogen and oxygen atoms in total. The zero-order valence-electron chi connectivity index (χ0n) is 26.9. The van der Waals surface area contributed by atoms with E-state index >= 15 is 0 Å². The van der Waals surface area contributed by atoms with Crippen molar-refractivity contribution >= 4 is 52.1 Å². The van der Waals surface area contributed by atoms with Crippen molar-refractivity contribution in [3.8, 4) is 44.5 Å². The minimum absolute atomic E-state index is 0.00190. The molecule has 0 spiro atoms. The number of hydrogen-bond donors (Lipinski definition) is 2. The highest BCUT2D eigenvalue weighted by Gasteiger charge is 2.20. The topological polar surface area (TPSA) is 139 Å². The number of rotatable bonds is 5. The van der Waals surface area contributed by atoms with Crippen LogP contribution in [-0.4, -0.2) is 39.8 Å². The number of nitro groups is 1. The van der Waals surface area contributed by atoms with Gasteiger partial charge in [-0.15, -0.1) is 0 Å². The van der Waals surface area contributed by atoms with E-state index in [0.717, 1.165) is 83.8 Å². The van der Waals surface area contributed by atoms with Gasteiger partial charge in [0, 0.05) is 93.6 Å². The predicted octanol–water partition coefficient (Wildman–Crippen LogP) is 9.42. The van der Waals surface area contributed by atoms with Gasteiger partial charge in [0.2, 0.25) is 0 Å². The van der Waals surface area contributed by atoms with Crippen molar-refractivity contribution < 1.29 is 4.92 Å². The number of nitrogens with one attached hydrogen (secondary N) is 2. The Kier molecular flexibility index (Phi) is 7.17. The quantitative estimate of drug-likeness (QED) is 0.138. The Balaban J connectivity index is 1.48. The summed E-state index contributed by atoms with van der Waals surface area (Å²) in [5, 5.41) is 11.9. The molecule has 0 unspecified atom stereocenters. The zero-order chi connectivity index (χ0) is 34.3. The average Bonchev–Trinajstić information content (AvgIpc) is 4.01. The van der Waals surface area contributed by atoms with Crippen LogP contribution in [0.3, 0.4) is 0 Å². The summed E-state index contributed by atoms with van der Waals surface area (Å²) < 4.78 is 0. The van der Waals surface area contributed by atoms with Crippen molar-refractivity contribution in [2.75, 3.05) is 0 Å². The number of fused-ring (bicyclic) bond motifs is 8. The van der Waals surface area contributed by atoms with Gasteiger partial charge in [0.15, 0.2) is 0 Å². The first-order valence-electron chi connectivity index (χ1n) is 16.2. The van der Waals surface area contributed by atoms with Gasteiger partial charge in [-0.05, 0) is 107 Å². The summed E-state index contributed by atoms with van der Waals surface area (Å²) in [5.74, 6) is 0. The molecule has 0 radical (unpaired) electrons. The first-order chi connectivity index (χ1) is 25.1. The van der Waals surface area contributed by atoms with Gasteiger partial charge in [0.25, 0.3) is 5.69 Å². The highest BCUT2D eigenvalue weighted by atomic mass is 16.6. The van der Waals surface area contributed by atoms with Crippen LogP contribution in [0.4, 0.5) is 5.69 Å². The Morgan fingerprint density at radius 3 is 1.27 bits per heavy atom. The number of non-ortho nitro benzene ring substituents is 1. The molecule has 8 bridgehead atoms. The second kappa shape index (κ2) is 12.3. The largest absolute Gasteiger partial charge is 0.354 e. The first kappa shape index (κ1) is 29.8. The molecule has 0 atom stereocenters. The standard InChI is InChI=1S/C41H26N8O2/c50-49(51)29-3-1-2-28(24-29)41-36-10-8-34(47-36)39(26-14-20-43-21-15-26)32-6-4-30(45-32)38(25-12-18-42-19-13-25)31-5-7-33(46-31)40(27-16-22-44-23-17-27)35-9-11-37(41)48-35/h1-24,47-48H. The van der Waals surface area contributed by atoms with Crippen molar-refractivity contribution in [2.24, 2.45) is 0 Å². The van der Waals surface area contributed by atoms with Crippen LogP contribution < -0.4 is 0 Å². The molecule has 0 fully saturated rings. The van der Waals surface area contributed by atoms with E-state index in [1.54, 1.807) is 49.3 Å². The Bertz CT molecular complexity index is 2580. The highest BCUT2D eigenvalue weighted by molar-refractivity contribution is 6.00. The van der Waals surface area contributed by atoms with Crippen LogP contribution in [0.5, 0.6) is 0 Å². The second-order valence-corrected chi connectivity index (χ2v) is 12.0. The van der Waals surface area contributed by atoms with E-state index in [2.05, 4.69) is 24.9 Å². The molecule has 0 aliphatic carbocycles. The monoisotopic (exact) mass is 662 g/mol. The van der Waals surface area contributed by atoms with Gasteiger partial charge < -0.3 is 9.97 Å². The number of pyridine rings is 3. The highest BCUT2D eigenvalue weighted by Crippen LogP contribution is 2.38. The van der Waals surface area contributed by atoms with E-state index in [1.165, 1.54) is 6.07 Å². The second-order valence-electron chi connectivity index (χ2n) is 12.0. The lowest BCUT2D eigenvalue weighted by Crippen LogP contribution is -1.91. The molecule has 7 aromatic rings. The number of nitrogens with zero attached hydrogens (tertiary/aromatic N) is 6. The maximum Gasteiger partial charge on any atom is 0.270 e. The molecule has 10 heteroatoms. The van der Waals surface area contributed by atoms with Gasteiger partial charge in [-0.3, -0.25) is 25.1 Å². The molecule has 2 aliphatic heterocycles. The lowest BCUT2D eigenvalue weighted by atomic mass is 10.0. The lowest BCUT2D eigenvalue weighted by molar-refractivity contribution is -0.384. The van der Waals surface area contributed by atoms with Crippen molar-refractivity contribution in [3.63, 3.8) is 0 Å². The van der Waals surface area contributed by atoms with Gasteiger partial charge in [-0.1, -0.05) is 12.1 Å². The van der Waals surface area contributed by atoms with Gasteiger partial charge in [-0.2, -0.15) is 0 Å². The van der Waals surface area contributed by atoms with Crippen LogP contribution in [0.2, 0.25) is 0 Å². The molecule has 51 heavy (non-hydrogen) atoms. The summed E-state index contributed by atoms with van der Waals surface area (Å²) in [6.07, 6.45) is 18.7. The minimum Gasteiger partial charge on any atom is -0.354 e. The van der Waals surface area contributed by atoms with E-state index in [1.807, 2.05) is 91.0 Å². The molecular weight excluding hydrogens is 637 g/mol. The molecule has 0 amide bonds. The summed E-state index contributed by atoms with van der Waals surface area (Å²) in [7, 11) is 0. The zero-order valence-corrected chi connectivity index (χ0v) is 26.9. The first-order valence-corrected chi connectivity index (χ1v) is 16.2.